The lowest BCUT2D eigenvalue weighted by atomic mass is 9.89. The minimum Gasteiger partial charge on any atom is -0.474 e. The summed E-state index contributed by atoms with van der Waals surface area (Å²) in [6, 6.07) is 4.10. The van der Waals surface area contributed by atoms with Gasteiger partial charge in [-0.3, -0.25) is 0 Å². The third-order valence-corrected chi connectivity index (χ3v) is 3.63. The van der Waals surface area contributed by atoms with Gasteiger partial charge >= 0.3 is 0 Å². The van der Waals surface area contributed by atoms with Crippen molar-refractivity contribution in [2.75, 3.05) is 6.54 Å². The van der Waals surface area contributed by atoms with Gasteiger partial charge in [0.05, 0.1) is 0 Å². The van der Waals surface area contributed by atoms with Crippen molar-refractivity contribution in [2.45, 2.75) is 52.2 Å². The van der Waals surface area contributed by atoms with Crippen molar-refractivity contribution in [1.82, 2.24) is 10.3 Å². The van der Waals surface area contributed by atoms with Crippen molar-refractivity contribution in [3.63, 3.8) is 0 Å². The van der Waals surface area contributed by atoms with E-state index in [4.69, 9.17) is 4.74 Å². The molecule has 3 nitrogen and oxygen atoms in total. The maximum atomic E-state index is 5.99. The second kappa shape index (κ2) is 6.74. The monoisotopic (exact) mass is 248 g/mol. The number of nitrogens with zero attached hydrogens (tertiary/aromatic N) is 1. The van der Waals surface area contributed by atoms with Gasteiger partial charge in [0.1, 0.15) is 6.10 Å². The van der Waals surface area contributed by atoms with Gasteiger partial charge in [0, 0.05) is 18.8 Å². The van der Waals surface area contributed by atoms with Gasteiger partial charge in [-0.15, -0.1) is 0 Å². The van der Waals surface area contributed by atoms with Gasteiger partial charge in [-0.25, -0.2) is 4.98 Å². The van der Waals surface area contributed by atoms with Crippen LogP contribution in [0.15, 0.2) is 18.3 Å². The molecule has 0 bridgehead atoms. The summed E-state index contributed by atoms with van der Waals surface area (Å²) in [5.41, 5.74) is 1.24. The van der Waals surface area contributed by atoms with Crippen LogP contribution in [0.25, 0.3) is 0 Å². The Bertz CT molecular complexity index is 359. The van der Waals surface area contributed by atoms with Crippen LogP contribution >= 0.6 is 0 Å². The molecule has 1 N–H and O–H groups in total. The minimum atomic E-state index is 0.364. The van der Waals surface area contributed by atoms with Crippen LogP contribution in [0, 0.1) is 5.92 Å². The number of hydrogen-bond acceptors (Lipinski definition) is 3. The summed E-state index contributed by atoms with van der Waals surface area (Å²) in [6.45, 7) is 6.31. The summed E-state index contributed by atoms with van der Waals surface area (Å²) in [7, 11) is 0. The van der Waals surface area contributed by atoms with E-state index >= 15 is 0 Å². The Kier molecular flexibility index (Phi) is 5.00. The fraction of sp³-hybridized carbons (Fsp3) is 0.667. The lowest BCUT2D eigenvalue weighted by molar-refractivity contribution is 0.130. The van der Waals surface area contributed by atoms with Crippen LogP contribution in [-0.2, 0) is 6.54 Å². The summed E-state index contributed by atoms with van der Waals surface area (Å²) in [4.78, 5) is 4.31. The second-order valence-corrected chi connectivity index (χ2v) is 5.28. The summed E-state index contributed by atoms with van der Waals surface area (Å²) < 4.78 is 5.99. The quantitative estimate of drug-likeness (QED) is 0.869. The number of aromatic nitrogens is 1. The number of pyridine rings is 1. The van der Waals surface area contributed by atoms with E-state index in [2.05, 4.69) is 30.2 Å². The van der Waals surface area contributed by atoms with Crippen LogP contribution in [0.1, 0.15) is 45.1 Å². The predicted octanol–water partition coefficient (Wildman–Crippen LogP) is 3.15. The van der Waals surface area contributed by atoms with Crippen molar-refractivity contribution >= 4 is 0 Å². The lowest BCUT2D eigenvalue weighted by Gasteiger charge is -2.26. The van der Waals surface area contributed by atoms with Crippen LogP contribution in [0.2, 0.25) is 0 Å². The van der Waals surface area contributed by atoms with Gasteiger partial charge in [0.2, 0.25) is 5.88 Å². The van der Waals surface area contributed by atoms with E-state index in [9.17, 15) is 0 Å². The molecule has 0 atom stereocenters. The van der Waals surface area contributed by atoms with E-state index in [1.807, 2.05) is 12.3 Å². The third-order valence-electron chi connectivity index (χ3n) is 3.63. The van der Waals surface area contributed by atoms with E-state index < -0.39 is 0 Å². The first kappa shape index (κ1) is 13.3. The highest BCUT2D eigenvalue weighted by Gasteiger charge is 2.19. The SMILES string of the molecule is CCNCc1ccnc(OC2CCC(C)CC2)c1. The molecule has 18 heavy (non-hydrogen) atoms. The molecule has 0 aliphatic heterocycles. The summed E-state index contributed by atoms with van der Waals surface area (Å²) >= 11 is 0. The average Bonchev–Trinajstić information content (AvgIpc) is 2.40. The molecular formula is C15H24N2O. The van der Waals surface area contributed by atoms with E-state index in [0.29, 0.717) is 6.10 Å². The first-order valence-corrected chi connectivity index (χ1v) is 7.10. The molecule has 1 aliphatic carbocycles. The topological polar surface area (TPSA) is 34.2 Å². The van der Waals surface area contributed by atoms with Gasteiger partial charge in [-0.1, -0.05) is 13.8 Å². The lowest BCUT2D eigenvalue weighted by Crippen LogP contribution is -2.23. The van der Waals surface area contributed by atoms with Crippen molar-refractivity contribution in [2.24, 2.45) is 5.92 Å². The van der Waals surface area contributed by atoms with Crippen LogP contribution < -0.4 is 10.1 Å². The van der Waals surface area contributed by atoms with Crippen LogP contribution in [0.5, 0.6) is 5.88 Å². The van der Waals surface area contributed by atoms with Gasteiger partial charge in [-0.05, 0) is 49.8 Å². The molecule has 100 valence electrons. The van der Waals surface area contributed by atoms with Gasteiger partial charge in [0.15, 0.2) is 0 Å². The summed E-state index contributed by atoms with van der Waals surface area (Å²) in [6.07, 6.45) is 7.10. The van der Waals surface area contributed by atoms with Gasteiger partial charge < -0.3 is 10.1 Å². The fourth-order valence-corrected chi connectivity index (χ4v) is 2.41. The Morgan fingerprint density at radius 2 is 2.11 bits per heavy atom. The third kappa shape index (κ3) is 3.98. The zero-order valence-electron chi connectivity index (χ0n) is 11.5. The molecule has 1 heterocycles. The fourth-order valence-electron chi connectivity index (χ4n) is 2.41. The maximum Gasteiger partial charge on any atom is 0.213 e. The van der Waals surface area contributed by atoms with Gasteiger partial charge in [0.25, 0.3) is 0 Å². The molecule has 1 aromatic rings. The van der Waals surface area contributed by atoms with E-state index in [-0.39, 0.29) is 0 Å². The average molecular weight is 248 g/mol. The minimum absolute atomic E-state index is 0.364. The first-order valence-electron chi connectivity index (χ1n) is 7.10. The van der Waals surface area contributed by atoms with Crippen molar-refractivity contribution in [3.8, 4) is 5.88 Å². The summed E-state index contributed by atoms with van der Waals surface area (Å²) in [5, 5.41) is 3.32. The Hall–Kier alpha value is -1.09. The molecule has 0 aromatic carbocycles. The van der Waals surface area contributed by atoms with Crippen LogP contribution in [-0.4, -0.2) is 17.6 Å². The molecule has 0 spiro atoms. The van der Waals surface area contributed by atoms with E-state index in [1.165, 1.54) is 31.2 Å². The van der Waals surface area contributed by atoms with Crippen LogP contribution in [0.4, 0.5) is 0 Å². The van der Waals surface area contributed by atoms with Crippen molar-refractivity contribution in [3.05, 3.63) is 23.9 Å². The van der Waals surface area contributed by atoms with Crippen molar-refractivity contribution < 1.29 is 4.74 Å². The van der Waals surface area contributed by atoms with Gasteiger partial charge in [-0.2, -0.15) is 0 Å². The first-order chi connectivity index (χ1) is 8.78. The standard InChI is InChI=1S/C15H24N2O/c1-3-16-11-13-8-9-17-15(10-13)18-14-6-4-12(2)5-7-14/h8-10,12,14,16H,3-7,11H2,1-2H3. The second-order valence-electron chi connectivity index (χ2n) is 5.28. The Morgan fingerprint density at radius 1 is 1.33 bits per heavy atom. The van der Waals surface area contributed by atoms with E-state index in [1.54, 1.807) is 0 Å². The molecule has 0 saturated heterocycles. The Balaban J connectivity index is 1.88. The Labute approximate surface area is 110 Å². The zero-order chi connectivity index (χ0) is 12.8. The molecule has 1 saturated carbocycles. The predicted molar refractivity (Wildman–Crippen MR) is 73.7 cm³/mol. The molecule has 3 heteroatoms. The number of rotatable bonds is 5. The smallest absolute Gasteiger partial charge is 0.213 e. The highest BCUT2D eigenvalue weighted by Crippen LogP contribution is 2.26. The highest BCUT2D eigenvalue weighted by atomic mass is 16.5. The molecule has 0 radical (unpaired) electrons. The summed E-state index contributed by atoms with van der Waals surface area (Å²) in [5.74, 6) is 1.64. The molecular weight excluding hydrogens is 224 g/mol. The molecule has 1 aromatic heterocycles. The molecule has 1 fully saturated rings. The van der Waals surface area contributed by atoms with E-state index in [0.717, 1.165) is 24.9 Å². The molecule has 2 rings (SSSR count). The van der Waals surface area contributed by atoms with Crippen LogP contribution in [0.3, 0.4) is 0 Å². The number of hydrogen-bond donors (Lipinski definition) is 1. The highest BCUT2D eigenvalue weighted by molar-refractivity contribution is 5.20. The number of ether oxygens (including phenoxy) is 1. The molecule has 0 amide bonds. The normalized spacial score (nSPS) is 23.9. The maximum absolute atomic E-state index is 5.99. The molecule has 0 unspecified atom stereocenters. The molecule has 1 aliphatic rings. The zero-order valence-corrected chi connectivity index (χ0v) is 11.5. The number of nitrogens with one attached hydrogen (secondary N) is 1. The Morgan fingerprint density at radius 3 is 2.83 bits per heavy atom. The van der Waals surface area contributed by atoms with Crippen molar-refractivity contribution in [1.29, 1.82) is 0 Å². The largest absolute Gasteiger partial charge is 0.474 e.